The van der Waals surface area contributed by atoms with E-state index in [4.69, 9.17) is 5.26 Å². The Balaban J connectivity index is 2.21. The maximum Gasteiger partial charge on any atom is 0.417 e. The molecule has 126 valence electrons. The molecule has 2 rings (SSSR count). The number of benzene rings is 1. The molecular formula is C14H12F3N5O2. The maximum atomic E-state index is 12.9. The van der Waals surface area contributed by atoms with E-state index in [0.29, 0.717) is 6.07 Å². The van der Waals surface area contributed by atoms with Crippen molar-refractivity contribution in [2.45, 2.75) is 25.2 Å². The van der Waals surface area contributed by atoms with Gasteiger partial charge in [-0.05, 0) is 25.1 Å². The lowest BCUT2D eigenvalue weighted by atomic mass is 10.0. The van der Waals surface area contributed by atoms with Crippen LogP contribution in [0.3, 0.4) is 0 Å². The van der Waals surface area contributed by atoms with E-state index in [0.717, 1.165) is 12.1 Å². The van der Waals surface area contributed by atoms with Gasteiger partial charge in [0.1, 0.15) is 12.7 Å². The molecule has 7 nitrogen and oxygen atoms in total. The van der Waals surface area contributed by atoms with Crippen LogP contribution < -0.4 is 5.32 Å². The van der Waals surface area contributed by atoms with Gasteiger partial charge in [0.05, 0.1) is 23.7 Å². The number of nitrogens with zero attached hydrogens (tertiary/aromatic N) is 4. The number of carbonyl (C=O) groups excluding carboxylic acids is 1. The van der Waals surface area contributed by atoms with Gasteiger partial charge in [0.15, 0.2) is 5.60 Å². The summed E-state index contributed by atoms with van der Waals surface area (Å²) < 4.78 is 39.9. The second kappa shape index (κ2) is 6.29. The molecule has 2 aromatic rings. The summed E-state index contributed by atoms with van der Waals surface area (Å²) in [5.74, 6) is -0.921. The quantitative estimate of drug-likeness (QED) is 0.880. The number of rotatable bonds is 4. The first-order valence-electron chi connectivity index (χ1n) is 6.61. The molecule has 0 aliphatic carbocycles. The maximum absolute atomic E-state index is 12.9. The van der Waals surface area contributed by atoms with E-state index < -0.39 is 28.8 Å². The summed E-state index contributed by atoms with van der Waals surface area (Å²) in [6.07, 6.45) is -2.25. The van der Waals surface area contributed by atoms with Crippen molar-refractivity contribution in [2.24, 2.45) is 0 Å². The number of carbonyl (C=O) groups is 1. The Bertz CT molecular complexity index is 779. The van der Waals surface area contributed by atoms with Crippen LogP contribution in [0.4, 0.5) is 18.9 Å². The molecule has 0 bridgehead atoms. The minimum Gasteiger partial charge on any atom is -0.378 e. The lowest BCUT2D eigenvalue weighted by Gasteiger charge is -2.22. The standard InChI is InChI=1S/C14H12F3N5O2/c1-13(24,6-22-8-19-7-20-22)12(23)21-10-3-2-9(5-18)11(4-10)14(15,16)17/h2-4,7-8,24H,6H2,1H3,(H,21,23). The van der Waals surface area contributed by atoms with E-state index in [2.05, 4.69) is 15.4 Å². The number of nitriles is 1. The van der Waals surface area contributed by atoms with Gasteiger partial charge in [0, 0.05) is 5.69 Å². The summed E-state index contributed by atoms with van der Waals surface area (Å²) >= 11 is 0. The molecule has 10 heteroatoms. The number of alkyl halides is 3. The van der Waals surface area contributed by atoms with Gasteiger partial charge in [-0.1, -0.05) is 0 Å². The van der Waals surface area contributed by atoms with Crippen LogP contribution in [0.5, 0.6) is 0 Å². The molecule has 0 aliphatic rings. The average molecular weight is 339 g/mol. The molecule has 1 aromatic carbocycles. The first-order chi connectivity index (χ1) is 11.1. The van der Waals surface area contributed by atoms with Crippen LogP contribution in [0.25, 0.3) is 0 Å². The summed E-state index contributed by atoms with van der Waals surface area (Å²) in [7, 11) is 0. The van der Waals surface area contributed by atoms with Crippen molar-refractivity contribution >= 4 is 11.6 Å². The molecule has 0 aliphatic heterocycles. The number of anilines is 1. The molecule has 0 radical (unpaired) electrons. The van der Waals surface area contributed by atoms with Crippen molar-refractivity contribution in [1.82, 2.24) is 14.8 Å². The van der Waals surface area contributed by atoms with Gasteiger partial charge in [-0.2, -0.15) is 23.5 Å². The van der Waals surface area contributed by atoms with Gasteiger partial charge in [0.2, 0.25) is 0 Å². The Morgan fingerprint density at radius 2 is 2.17 bits per heavy atom. The highest BCUT2D eigenvalue weighted by Gasteiger charge is 2.35. The second-order valence-corrected chi connectivity index (χ2v) is 5.19. The molecule has 1 amide bonds. The van der Waals surface area contributed by atoms with Crippen molar-refractivity contribution in [1.29, 1.82) is 5.26 Å². The van der Waals surface area contributed by atoms with Crippen molar-refractivity contribution < 1.29 is 23.1 Å². The predicted molar refractivity (Wildman–Crippen MR) is 75.4 cm³/mol. The Hall–Kier alpha value is -2.93. The Labute approximate surface area is 134 Å². The van der Waals surface area contributed by atoms with Gasteiger partial charge >= 0.3 is 6.18 Å². The lowest BCUT2D eigenvalue weighted by Crippen LogP contribution is -2.43. The zero-order chi connectivity index (χ0) is 18.0. The van der Waals surface area contributed by atoms with Gasteiger partial charge in [0.25, 0.3) is 5.91 Å². The van der Waals surface area contributed by atoms with Crippen LogP contribution in [0.15, 0.2) is 30.9 Å². The highest BCUT2D eigenvalue weighted by Crippen LogP contribution is 2.33. The number of aliphatic hydroxyl groups is 1. The average Bonchev–Trinajstić information content (AvgIpc) is 2.98. The van der Waals surface area contributed by atoms with E-state index in [1.807, 2.05) is 0 Å². The molecule has 0 fully saturated rings. The van der Waals surface area contributed by atoms with Crippen molar-refractivity contribution in [3.05, 3.63) is 42.0 Å². The predicted octanol–water partition coefficient (Wildman–Crippen LogP) is 1.56. The van der Waals surface area contributed by atoms with Crippen LogP contribution in [-0.2, 0) is 17.5 Å². The van der Waals surface area contributed by atoms with E-state index in [1.54, 1.807) is 0 Å². The highest BCUT2D eigenvalue weighted by atomic mass is 19.4. The van der Waals surface area contributed by atoms with Crippen molar-refractivity contribution in [3.8, 4) is 6.07 Å². The number of hydrogen-bond donors (Lipinski definition) is 2. The third-order valence-corrected chi connectivity index (χ3v) is 3.13. The Morgan fingerprint density at radius 3 is 2.71 bits per heavy atom. The lowest BCUT2D eigenvalue weighted by molar-refractivity contribution is -0.138. The largest absolute Gasteiger partial charge is 0.417 e. The molecule has 0 spiro atoms. The normalized spacial score (nSPS) is 13.8. The van der Waals surface area contributed by atoms with Crippen LogP contribution in [0.1, 0.15) is 18.1 Å². The molecule has 24 heavy (non-hydrogen) atoms. The first-order valence-corrected chi connectivity index (χ1v) is 6.61. The van der Waals surface area contributed by atoms with E-state index in [-0.39, 0.29) is 12.2 Å². The summed E-state index contributed by atoms with van der Waals surface area (Å²) in [4.78, 5) is 15.8. The summed E-state index contributed by atoms with van der Waals surface area (Å²) in [6, 6.07) is 4.18. The van der Waals surface area contributed by atoms with Gasteiger partial charge in [-0.15, -0.1) is 0 Å². The fourth-order valence-corrected chi connectivity index (χ4v) is 1.92. The molecular weight excluding hydrogens is 327 g/mol. The first kappa shape index (κ1) is 17.4. The highest BCUT2D eigenvalue weighted by molar-refractivity contribution is 5.96. The number of hydrogen-bond acceptors (Lipinski definition) is 5. The molecule has 1 heterocycles. The number of nitrogens with one attached hydrogen (secondary N) is 1. The topological polar surface area (TPSA) is 104 Å². The number of halogens is 3. The molecule has 1 atom stereocenters. The van der Waals surface area contributed by atoms with E-state index in [9.17, 15) is 23.1 Å². The monoisotopic (exact) mass is 339 g/mol. The van der Waals surface area contributed by atoms with Crippen LogP contribution in [0, 0.1) is 11.3 Å². The molecule has 2 N–H and O–H groups in total. The second-order valence-electron chi connectivity index (χ2n) is 5.19. The van der Waals surface area contributed by atoms with Crippen molar-refractivity contribution in [3.63, 3.8) is 0 Å². The summed E-state index contributed by atoms with van der Waals surface area (Å²) in [5.41, 5.74) is -3.85. The zero-order valence-corrected chi connectivity index (χ0v) is 12.4. The Morgan fingerprint density at radius 1 is 1.46 bits per heavy atom. The fraction of sp³-hybridized carbons (Fsp3) is 0.286. The van der Waals surface area contributed by atoms with E-state index in [1.165, 1.54) is 30.3 Å². The fourth-order valence-electron chi connectivity index (χ4n) is 1.92. The number of amides is 1. The minimum absolute atomic E-state index is 0.190. The van der Waals surface area contributed by atoms with Gasteiger partial charge in [-0.25, -0.2) is 9.67 Å². The molecule has 0 saturated heterocycles. The smallest absolute Gasteiger partial charge is 0.378 e. The third kappa shape index (κ3) is 3.88. The van der Waals surface area contributed by atoms with Gasteiger partial charge in [-0.3, -0.25) is 4.79 Å². The SMILES string of the molecule is CC(O)(Cn1cncn1)C(=O)Nc1ccc(C#N)c(C(F)(F)F)c1. The third-order valence-electron chi connectivity index (χ3n) is 3.13. The minimum atomic E-state index is -4.74. The van der Waals surface area contributed by atoms with E-state index >= 15 is 0 Å². The molecule has 1 aromatic heterocycles. The molecule has 1 unspecified atom stereocenters. The Kier molecular flexibility index (Phi) is 4.57. The van der Waals surface area contributed by atoms with Crippen LogP contribution >= 0.6 is 0 Å². The number of aromatic nitrogens is 3. The van der Waals surface area contributed by atoms with Gasteiger partial charge < -0.3 is 10.4 Å². The van der Waals surface area contributed by atoms with Crippen molar-refractivity contribution in [2.75, 3.05) is 5.32 Å². The summed E-state index contributed by atoms with van der Waals surface area (Å²) in [5, 5.41) is 24.8. The van der Waals surface area contributed by atoms with Crippen LogP contribution in [0.2, 0.25) is 0 Å². The zero-order valence-electron chi connectivity index (χ0n) is 12.4. The summed E-state index contributed by atoms with van der Waals surface area (Å²) in [6.45, 7) is 0.958. The molecule has 0 saturated carbocycles. The van der Waals surface area contributed by atoms with Crippen LogP contribution in [-0.4, -0.2) is 31.4 Å².